The van der Waals surface area contributed by atoms with Crippen molar-refractivity contribution in [2.45, 2.75) is 42.3 Å². The molecule has 30 heavy (non-hydrogen) atoms. The van der Waals surface area contributed by atoms with Crippen LogP contribution in [0.1, 0.15) is 24.6 Å². The molecule has 1 saturated heterocycles. The molecule has 1 unspecified atom stereocenters. The van der Waals surface area contributed by atoms with Gasteiger partial charge in [0.25, 0.3) is 5.91 Å². The Balaban J connectivity index is 1.62. The highest BCUT2D eigenvalue weighted by Crippen LogP contribution is 2.58. The van der Waals surface area contributed by atoms with Gasteiger partial charge in [-0.05, 0) is 22.6 Å². The van der Waals surface area contributed by atoms with Gasteiger partial charge in [0.05, 0.1) is 12.0 Å². The van der Waals surface area contributed by atoms with Crippen LogP contribution in [-0.4, -0.2) is 64.0 Å². The van der Waals surface area contributed by atoms with Crippen LogP contribution in [0.2, 0.25) is 0 Å². The van der Waals surface area contributed by atoms with E-state index in [1.807, 2.05) is 17.5 Å². The van der Waals surface area contributed by atoms with Gasteiger partial charge in [-0.2, -0.15) is 0 Å². The van der Waals surface area contributed by atoms with Gasteiger partial charge in [0.15, 0.2) is 10.8 Å². The fourth-order valence-electron chi connectivity index (χ4n) is 3.87. The topological polar surface area (TPSA) is 125 Å². The van der Waals surface area contributed by atoms with E-state index in [0.29, 0.717) is 18.4 Å². The van der Waals surface area contributed by atoms with Gasteiger partial charge >= 0.3 is 20.0 Å². The lowest BCUT2D eigenvalue weighted by Crippen LogP contribution is -2.76. The first-order chi connectivity index (χ1) is 14.3. The van der Waals surface area contributed by atoms with Gasteiger partial charge in [0.1, 0.15) is 12.3 Å². The van der Waals surface area contributed by atoms with Crippen molar-refractivity contribution in [1.29, 1.82) is 0 Å². The Kier molecular flexibility index (Phi) is 5.41. The van der Waals surface area contributed by atoms with E-state index < -0.39 is 45.2 Å². The molecule has 1 saturated carbocycles. The van der Waals surface area contributed by atoms with E-state index in [4.69, 9.17) is 9.39 Å². The number of β-lactam (4-membered cyclic amide) rings is 1. The summed E-state index contributed by atoms with van der Waals surface area (Å²) >= 11 is -0.154. The smallest absolute Gasteiger partial charge is 0.337 e. The maximum Gasteiger partial charge on any atom is 0.337 e. The van der Waals surface area contributed by atoms with E-state index in [1.165, 1.54) is 26.3 Å². The van der Waals surface area contributed by atoms with E-state index in [2.05, 4.69) is 5.32 Å². The minimum atomic E-state index is -1.58. The number of nitrogens with one attached hydrogen (secondary N) is 1. The van der Waals surface area contributed by atoms with Crippen molar-refractivity contribution >= 4 is 54.3 Å². The molecule has 0 radical (unpaired) electrons. The molecule has 1 spiro atoms. The number of ether oxygens (including phenoxy) is 1. The Morgan fingerprint density at radius 1 is 1.43 bits per heavy atom. The molecule has 1 N–H and O–H groups in total. The molecule has 2 aliphatic heterocycles. The minimum absolute atomic E-state index is 0.0328. The Bertz CT molecular complexity index is 944. The van der Waals surface area contributed by atoms with E-state index in [1.54, 1.807) is 0 Å². The van der Waals surface area contributed by atoms with E-state index >= 15 is 0 Å². The van der Waals surface area contributed by atoms with Gasteiger partial charge in [-0.3, -0.25) is 19.3 Å². The summed E-state index contributed by atoms with van der Waals surface area (Å²) in [5.41, 5.74) is 0.311. The predicted molar refractivity (Wildman–Crippen MR) is 109 cm³/mol. The molecule has 0 aromatic carbocycles. The number of carbonyl (C=O) groups is 4. The van der Waals surface area contributed by atoms with Crippen LogP contribution in [0.5, 0.6) is 0 Å². The first-order valence-electron chi connectivity index (χ1n) is 9.31. The lowest BCUT2D eigenvalue weighted by molar-refractivity contribution is -0.150. The molecule has 9 nitrogen and oxygen atoms in total. The number of nitrogens with zero attached hydrogens (tertiary/aromatic N) is 1. The van der Waals surface area contributed by atoms with Crippen molar-refractivity contribution in [3.8, 4) is 0 Å². The van der Waals surface area contributed by atoms with Crippen molar-refractivity contribution in [3.05, 3.63) is 33.7 Å². The SMILES string of the molecule is BOC(=O)C1=C(COC(C)=O)C2(CC2)[S+]([O-])[C@@H]2[C@H](NC(=O)Cc3cccs3)C(=O)N12. The predicted octanol–water partition coefficient (Wildman–Crippen LogP) is -0.853. The van der Waals surface area contributed by atoms with Crippen LogP contribution in [0.3, 0.4) is 0 Å². The van der Waals surface area contributed by atoms with Crippen molar-refractivity contribution < 1.29 is 33.1 Å². The zero-order valence-corrected chi connectivity index (χ0v) is 18.0. The molecule has 158 valence electrons. The average Bonchev–Trinajstić information content (AvgIpc) is 3.34. The summed E-state index contributed by atoms with van der Waals surface area (Å²) in [5, 5.41) is 3.66. The number of fused-ring (bicyclic) bond motifs is 1. The molecular weight excluding hydrogens is 431 g/mol. The molecule has 4 rings (SSSR count). The Morgan fingerprint density at radius 3 is 2.73 bits per heavy atom. The highest BCUT2D eigenvalue weighted by atomic mass is 32.2. The summed E-state index contributed by atoms with van der Waals surface area (Å²) in [5.74, 6) is -2.21. The van der Waals surface area contributed by atoms with Crippen LogP contribution in [-0.2, 0) is 46.2 Å². The van der Waals surface area contributed by atoms with Gasteiger partial charge in [0, 0.05) is 24.6 Å². The monoisotopic (exact) mass is 450 g/mol. The zero-order valence-electron chi connectivity index (χ0n) is 16.3. The summed E-state index contributed by atoms with van der Waals surface area (Å²) in [7, 11) is 1.18. The Labute approximate surface area is 180 Å². The summed E-state index contributed by atoms with van der Waals surface area (Å²) in [6.07, 6.45) is 1.18. The standard InChI is InChI=1S/C18H19BN2O7S2/c1-9(22)27-8-11-14(17(25)28-19)21-15(24)13(16(21)30(26)18(11)4-5-18)20-12(23)7-10-3-2-6-29-10/h2-3,6,13,16H,4-5,7-8,19H2,1H3,(H,20,23)/t13-,16-,30?/m1/s1. The molecule has 12 heteroatoms. The fourth-order valence-corrected chi connectivity index (χ4v) is 6.77. The van der Waals surface area contributed by atoms with Crippen LogP contribution < -0.4 is 5.32 Å². The number of carbonyl (C=O) groups excluding carboxylic acids is 4. The first kappa shape index (κ1) is 20.9. The molecule has 3 aliphatic rings. The van der Waals surface area contributed by atoms with E-state index in [9.17, 15) is 23.7 Å². The number of hydrogen-bond donors (Lipinski definition) is 1. The minimum Gasteiger partial charge on any atom is -0.614 e. The third kappa shape index (κ3) is 3.32. The maximum atomic E-state index is 13.4. The van der Waals surface area contributed by atoms with Crippen LogP contribution >= 0.6 is 11.3 Å². The number of hydrogen-bond acceptors (Lipinski definition) is 8. The molecule has 2 fully saturated rings. The van der Waals surface area contributed by atoms with Crippen LogP contribution in [0.4, 0.5) is 0 Å². The van der Waals surface area contributed by atoms with Gasteiger partial charge in [0.2, 0.25) is 11.3 Å². The second-order valence-corrected chi connectivity index (χ2v) is 10.2. The third-order valence-electron chi connectivity index (χ3n) is 5.46. The number of esters is 1. The Morgan fingerprint density at radius 2 is 2.17 bits per heavy atom. The summed E-state index contributed by atoms with van der Waals surface area (Å²) < 4.78 is 22.5. The second kappa shape index (κ2) is 7.75. The molecule has 3 heterocycles. The Hall–Kier alpha value is -2.31. The quantitative estimate of drug-likeness (QED) is 0.259. The molecule has 2 amide bonds. The van der Waals surface area contributed by atoms with Crippen LogP contribution in [0.15, 0.2) is 28.8 Å². The lowest BCUT2D eigenvalue weighted by Gasteiger charge is -2.51. The van der Waals surface area contributed by atoms with E-state index in [0.717, 1.165) is 9.78 Å². The molecule has 3 atom stereocenters. The van der Waals surface area contributed by atoms with Crippen LogP contribution in [0.25, 0.3) is 0 Å². The molecule has 0 bridgehead atoms. The summed E-state index contributed by atoms with van der Waals surface area (Å²) in [6.45, 7) is 0.992. The van der Waals surface area contributed by atoms with Gasteiger partial charge < -0.3 is 19.3 Å². The molecular formula is C18H19BN2O7S2. The van der Waals surface area contributed by atoms with Crippen molar-refractivity contribution in [2.75, 3.05) is 6.61 Å². The first-order valence-corrected chi connectivity index (χ1v) is 11.4. The number of amides is 2. The summed E-state index contributed by atoms with van der Waals surface area (Å²) in [4.78, 5) is 51.1. The number of rotatable bonds is 6. The van der Waals surface area contributed by atoms with Crippen molar-refractivity contribution in [2.24, 2.45) is 0 Å². The summed E-state index contributed by atoms with van der Waals surface area (Å²) in [6, 6.07) is 2.66. The highest BCUT2D eigenvalue weighted by molar-refractivity contribution is 7.94. The average molecular weight is 450 g/mol. The van der Waals surface area contributed by atoms with Crippen molar-refractivity contribution in [3.63, 3.8) is 0 Å². The lowest BCUT2D eigenvalue weighted by atomic mass is 9.99. The third-order valence-corrected chi connectivity index (χ3v) is 8.68. The maximum absolute atomic E-state index is 13.4. The molecule has 1 aromatic rings. The molecule has 1 aromatic heterocycles. The molecule has 1 aliphatic carbocycles. The van der Waals surface area contributed by atoms with Gasteiger partial charge in [-0.1, -0.05) is 6.07 Å². The fraction of sp³-hybridized carbons (Fsp3) is 0.444. The highest BCUT2D eigenvalue weighted by Gasteiger charge is 2.72. The normalized spacial score (nSPS) is 26.0. The van der Waals surface area contributed by atoms with Crippen LogP contribution in [0, 0.1) is 0 Å². The second-order valence-electron chi connectivity index (χ2n) is 7.29. The number of thiophene rings is 1. The van der Waals surface area contributed by atoms with Crippen molar-refractivity contribution in [1.82, 2.24) is 10.2 Å². The van der Waals surface area contributed by atoms with E-state index in [-0.39, 0.29) is 24.6 Å². The van der Waals surface area contributed by atoms with Gasteiger partial charge in [-0.15, -0.1) is 11.3 Å². The largest absolute Gasteiger partial charge is 0.614 e. The zero-order chi connectivity index (χ0) is 21.6. The van der Waals surface area contributed by atoms with Gasteiger partial charge in [-0.25, -0.2) is 4.79 Å².